The molecule has 0 aliphatic rings. The van der Waals surface area contributed by atoms with E-state index in [2.05, 4.69) is 37.6 Å². The van der Waals surface area contributed by atoms with Gasteiger partial charge in [0.25, 0.3) is 0 Å². The Morgan fingerprint density at radius 2 is 2.00 bits per heavy atom. The molecule has 0 aliphatic carbocycles. The Hall–Kier alpha value is -0.740. The lowest BCUT2D eigenvalue weighted by Crippen LogP contribution is -2.28. The molecule has 0 atom stereocenters. The van der Waals surface area contributed by atoms with Crippen LogP contribution in [-0.2, 0) is 0 Å². The molecule has 0 fully saturated rings. The lowest BCUT2D eigenvalue weighted by molar-refractivity contribution is 0.492. The lowest BCUT2D eigenvalue weighted by Gasteiger charge is -2.12. The van der Waals surface area contributed by atoms with E-state index in [0.29, 0.717) is 6.04 Å². The van der Waals surface area contributed by atoms with Crippen molar-refractivity contribution >= 4 is 0 Å². The summed E-state index contributed by atoms with van der Waals surface area (Å²) in [7, 11) is 0. The van der Waals surface area contributed by atoms with Gasteiger partial charge in [-0.15, -0.1) is 0 Å². The largest absolute Gasteiger partial charge is 0.313 e. The van der Waals surface area contributed by atoms with Crippen LogP contribution in [0.15, 0.2) is 12.2 Å². The molecule has 0 rings (SSSR count). The fourth-order valence-electron chi connectivity index (χ4n) is 1.13. The first-order valence-electron chi connectivity index (χ1n) is 5.08. The number of hydrogen-bond acceptors (Lipinski definition) is 1. The first-order chi connectivity index (χ1) is 6.20. The van der Waals surface area contributed by atoms with Gasteiger partial charge in [-0.3, -0.25) is 0 Å². The summed E-state index contributed by atoms with van der Waals surface area (Å²) in [5.41, 5.74) is 0.947. The molecule has 0 saturated heterocycles. The quantitative estimate of drug-likeness (QED) is 0.505. The Bertz CT molecular complexity index is 191. The van der Waals surface area contributed by atoms with Gasteiger partial charge in [0.1, 0.15) is 0 Å². The standard InChI is InChI=1S/C12H21N/c1-5-12(6-2)13-10-8-7-9-11(3)4/h12-13H,3,5-6,8,10H2,1-2,4H3. The van der Waals surface area contributed by atoms with Gasteiger partial charge in [0.05, 0.1) is 0 Å². The van der Waals surface area contributed by atoms with E-state index >= 15 is 0 Å². The summed E-state index contributed by atoms with van der Waals surface area (Å²) in [6.07, 6.45) is 3.32. The van der Waals surface area contributed by atoms with Crippen molar-refractivity contribution in [3.8, 4) is 11.8 Å². The second-order valence-corrected chi connectivity index (χ2v) is 3.30. The maximum atomic E-state index is 3.73. The number of nitrogens with one attached hydrogen (secondary N) is 1. The molecule has 0 saturated carbocycles. The Labute approximate surface area is 82.6 Å². The first-order valence-corrected chi connectivity index (χ1v) is 5.08. The van der Waals surface area contributed by atoms with Gasteiger partial charge >= 0.3 is 0 Å². The van der Waals surface area contributed by atoms with Crippen LogP contribution >= 0.6 is 0 Å². The highest BCUT2D eigenvalue weighted by molar-refractivity contribution is 5.22. The Morgan fingerprint density at radius 3 is 2.46 bits per heavy atom. The summed E-state index contributed by atoms with van der Waals surface area (Å²) in [6, 6.07) is 0.659. The van der Waals surface area contributed by atoms with Crippen LogP contribution in [0.2, 0.25) is 0 Å². The summed E-state index contributed by atoms with van der Waals surface area (Å²) in [6.45, 7) is 11.1. The molecule has 0 heterocycles. The van der Waals surface area contributed by atoms with Crippen molar-refractivity contribution in [2.45, 2.75) is 46.1 Å². The fraction of sp³-hybridized carbons (Fsp3) is 0.667. The minimum Gasteiger partial charge on any atom is -0.313 e. The highest BCUT2D eigenvalue weighted by atomic mass is 14.9. The zero-order chi connectivity index (χ0) is 10.1. The van der Waals surface area contributed by atoms with E-state index in [1.54, 1.807) is 0 Å². The van der Waals surface area contributed by atoms with Gasteiger partial charge in [-0.05, 0) is 25.3 Å². The van der Waals surface area contributed by atoms with Crippen LogP contribution in [0.1, 0.15) is 40.0 Å². The SMILES string of the molecule is C=C(C)C#CCCNC(CC)CC. The molecule has 0 bridgehead atoms. The predicted molar refractivity (Wildman–Crippen MR) is 59.6 cm³/mol. The van der Waals surface area contributed by atoms with Gasteiger partial charge in [-0.25, -0.2) is 0 Å². The molecule has 13 heavy (non-hydrogen) atoms. The van der Waals surface area contributed by atoms with Crippen molar-refractivity contribution in [1.29, 1.82) is 0 Å². The average Bonchev–Trinajstić information content (AvgIpc) is 2.11. The van der Waals surface area contributed by atoms with Gasteiger partial charge in [-0.2, -0.15) is 0 Å². The third-order valence-corrected chi connectivity index (χ3v) is 1.97. The third-order valence-electron chi connectivity index (χ3n) is 1.97. The molecule has 1 heteroatoms. The van der Waals surface area contributed by atoms with Crippen molar-refractivity contribution in [3.05, 3.63) is 12.2 Å². The van der Waals surface area contributed by atoms with Crippen LogP contribution in [0.4, 0.5) is 0 Å². The highest BCUT2D eigenvalue weighted by Gasteiger charge is 1.98. The zero-order valence-corrected chi connectivity index (χ0v) is 9.11. The van der Waals surface area contributed by atoms with Crippen molar-refractivity contribution < 1.29 is 0 Å². The number of allylic oxidation sites excluding steroid dienone is 1. The van der Waals surface area contributed by atoms with E-state index in [9.17, 15) is 0 Å². The van der Waals surface area contributed by atoms with E-state index in [1.165, 1.54) is 12.8 Å². The van der Waals surface area contributed by atoms with Crippen LogP contribution in [0.3, 0.4) is 0 Å². The molecule has 0 aromatic carbocycles. The van der Waals surface area contributed by atoms with Crippen molar-refractivity contribution in [3.63, 3.8) is 0 Å². The van der Waals surface area contributed by atoms with Gasteiger partial charge < -0.3 is 5.32 Å². The predicted octanol–water partition coefficient (Wildman–Crippen LogP) is 2.73. The zero-order valence-electron chi connectivity index (χ0n) is 9.11. The Kier molecular flexibility index (Phi) is 7.44. The summed E-state index contributed by atoms with van der Waals surface area (Å²) in [5, 5.41) is 3.46. The second-order valence-electron chi connectivity index (χ2n) is 3.30. The van der Waals surface area contributed by atoms with E-state index in [4.69, 9.17) is 0 Å². The normalized spacial score (nSPS) is 9.54. The first kappa shape index (κ1) is 12.3. The molecule has 0 amide bonds. The van der Waals surface area contributed by atoms with Gasteiger partial charge in [0.2, 0.25) is 0 Å². The molecule has 1 N–H and O–H groups in total. The van der Waals surface area contributed by atoms with Crippen LogP contribution < -0.4 is 5.32 Å². The van der Waals surface area contributed by atoms with Crippen LogP contribution in [0, 0.1) is 11.8 Å². The van der Waals surface area contributed by atoms with E-state index in [-0.39, 0.29) is 0 Å². The van der Waals surface area contributed by atoms with Crippen LogP contribution in [0.25, 0.3) is 0 Å². The molecule has 1 nitrogen and oxygen atoms in total. The van der Waals surface area contributed by atoms with Gasteiger partial charge in [0, 0.05) is 19.0 Å². The van der Waals surface area contributed by atoms with Crippen molar-refractivity contribution in [1.82, 2.24) is 5.32 Å². The Morgan fingerprint density at radius 1 is 1.38 bits per heavy atom. The van der Waals surface area contributed by atoms with E-state index < -0.39 is 0 Å². The van der Waals surface area contributed by atoms with Gasteiger partial charge in [0.15, 0.2) is 0 Å². The summed E-state index contributed by atoms with van der Waals surface area (Å²) >= 11 is 0. The smallest absolute Gasteiger partial charge is 0.0218 e. The molecule has 0 spiro atoms. The molecule has 0 aliphatic heterocycles. The molecular weight excluding hydrogens is 158 g/mol. The van der Waals surface area contributed by atoms with Crippen LogP contribution in [0.5, 0.6) is 0 Å². The maximum absolute atomic E-state index is 3.73. The number of hydrogen-bond donors (Lipinski definition) is 1. The minimum absolute atomic E-state index is 0.659. The van der Waals surface area contributed by atoms with Crippen LogP contribution in [-0.4, -0.2) is 12.6 Å². The Balaban J connectivity index is 3.46. The highest BCUT2D eigenvalue weighted by Crippen LogP contribution is 1.95. The molecule has 0 radical (unpaired) electrons. The number of rotatable bonds is 5. The average molecular weight is 179 g/mol. The molecular formula is C12H21N. The molecule has 74 valence electrons. The van der Waals surface area contributed by atoms with E-state index in [0.717, 1.165) is 18.5 Å². The molecule has 0 unspecified atom stereocenters. The van der Waals surface area contributed by atoms with Crippen molar-refractivity contribution in [2.75, 3.05) is 6.54 Å². The van der Waals surface area contributed by atoms with Crippen molar-refractivity contribution in [2.24, 2.45) is 0 Å². The summed E-state index contributed by atoms with van der Waals surface area (Å²) in [5.74, 6) is 6.05. The monoisotopic (exact) mass is 179 g/mol. The molecule has 0 aromatic rings. The lowest BCUT2D eigenvalue weighted by atomic mass is 10.2. The summed E-state index contributed by atoms with van der Waals surface area (Å²) in [4.78, 5) is 0. The fourth-order valence-corrected chi connectivity index (χ4v) is 1.13. The topological polar surface area (TPSA) is 12.0 Å². The second kappa shape index (κ2) is 7.89. The summed E-state index contributed by atoms with van der Waals surface area (Å²) < 4.78 is 0. The maximum Gasteiger partial charge on any atom is 0.0218 e. The third kappa shape index (κ3) is 7.62. The van der Waals surface area contributed by atoms with Gasteiger partial charge in [-0.1, -0.05) is 32.3 Å². The molecule has 0 aromatic heterocycles. The van der Waals surface area contributed by atoms with E-state index in [1.807, 2.05) is 6.92 Å². The minimum atomic E-state index is 0.659.